The highest BCUT2D eigenvalue weighted by molar-refractivity contribution is 5.24. The van der Waals surface area contributed by atoms with Crippen molar-refractivity contribution in [2.24, 2.45) is 5.92 Å². The third kappa shape index (κ3) is 3.62. The van der Waals surface area contributed by atoms with Gasteiger partial charge in [0.25, 0.3) is 0 Å². The van der Waals surface area contributed by atoms with Crippen LogP contribution in [0.15, 0.2) is 24.3 Å². The van der Waals surface area contributed by atoms with E-state index in [1.165, 1.54) is 64.0 Å². The van der Waals surface area contributed by atoms with Gasteiger partial charge in [-0.3, -0.25) is 0 Å². The first-order valence-corrected chi connectivity index (χ1v) is 8.31. The molecule has 0 spiro atoms. The molecule has 2 aliphatic heterocycles. The molecule has 0 aliphatic carbocycles. The number of aryl methyl sites for hydroxylation is 1. The van der Waals surface area contributed by atoms with Crippen LogP contribution in [0.3, 0.4) is 0 Å². The van der Waals surface area contributed by atoms with Crippen LogP contribution in [0.1, 0.15) is 42.7 Å². The van der Waals surface area contributed by atoms with Crippen LogP contribution in [0, 0.1) is 12.8 Å². The van der Waals surface area contributed by atoms with Gasteiger partial charge in [-0.2, -0.15) is 0 Å². The summed E-state index contributed by atoms with van der Waals surface area (Å²) in [5.74, 6) is 1.73. The summed E-state index contributed by atoms with van der Waals surface area (Å²) in [6.07, 6.45) is 5.43. The van der Waals surface area contributed by atoms with Crippen molar-refractivity contribution in [3.8, 4) is 0 Å². The summed E-state index contributed by atoms with van der Waals surface area (Å²) < 4.78 is 0. The zero-order valence-electron chi connectivity index (χ0n) is 12.8. The fourth-order valence-corrected chi connectivity index (χ4v) is 3.72. The van der Waals surface area contributed by atoms with E-state index in [1.54, 1.807) is 5.56 Å². The van der Waals surface area contributed by atoms with E-state index in [2.05, 4.69) is 41.4 Å². The van der Waals surface area contributed by atoms with Crippen molar-refractivity contribution in [2.75, 3.05) is 32.7 Å². The van der Waals surface area contributed by atoms with Gasteiger partial charge in [-0.05, 0) is 76.2 Å². The van der Waals surface area contributed by atoms with Crippen molar-refractivity contribution in [1.29, 1.82) is 0 Å². The number of hydrogen-bond acceptors (Lipinski definition) is 2. The lowest BCUT2D eigenvalue weighted by Gasteiger charge is -2.35. The zero-order chi connectivity index (χ0) is 13.8. The second kappa shape index (κ2) is 6.73. The van der Waals surface area contributed by atoms with Gasteiger partial charge in [0, 0.05) is 6.54 Å². The van der Waals surface area contributed by atoms with Gasteiger partial charge >= 0.3 is 0 Å². The quantitative estimate of drug-likeness (QED) is 0.909. The molecule has 0 saturated carbocycles. The van der Waals surface area contributed by atoms with Crippen molar-refractivity contribution in [2.45, 2.75) is 38.5 Å². The third-order valence-electron chi connectivity index (χ3n) is 5.11. The molecule has 1 aromatic rings. The second-order valence-electron chi connectivity index (χ2n) is 6.68. The van der Waals surface area contributed by atoms with Gasteiger partial charge in [-0.1, -0.05) is 29.8 Å². The van der Waals surface area contributed by atoms with E-state index >= 15 is 0 Å². The highest BCUT2D eigenvalue weighted by atomic mass is 15.1. The molecule has 0 aromatic heterocycles. The Morgan fingerprint density at radius 1 is 1.00 bits per heavy atom. The lowest BCUT2D eigenvalue weighted by molar-refractivity contribution is 0.167. The van der Waals surface area contributed by atoms with Crippen LogP contribution in [0.25, 0.3) is 0 Å². The summed E-state index contributed by atoms with van der Waals surface area (Å²) in [7, 11) is 0. The molecule has 1 N–H and O–H groups in total. The number of nitrogens with one attached hydrogen (secondary N) is 1. The molecule has 2 nitrogen and oxygen atoms in total. The molecule has 20 heavy (non-hydrogen) atoms. The van der Waals surface area contributed by atoms with Gasteiger partial charge in [0.1, 0.15) is 0 Å². The Morgan fingerprint density at radius 3 is 2.30 bits per heavy atom. The van der Waals surface area contributed by atoms with E-state index in [9.17, 15) is 0 Å². The second-order valence-corrected chi connectivity index (χ2v) is 6.68. The summed E-state index contributed by atoms with van der Waals surface area (Å²) in [6, 6.07) is 9.19. The van der Waals surface area contributed by atoms with Crippen LogP contribution < -0.4 is 5.32 Å². The molecule has 0 radical (unpaired) electrons. The Kier molecular flexibility index (Phi) is 4.74. The SMILES string of the molecule is Cc1ccc(C2CCN(CC3CCNCC3)CC2)cc1. The maximum atomic E-state index is 3.47. The van der Waals surface area contributed by atoms with Crippen LogP contribution in [-0.4, -0.2) is 37.6 Å². The molecule has 3 rings (SSSR count). The van der Waals surface area contributed by atoms with Gasteiger partial charge in [-0.15, -0.1) is 0 Å². The van der Waals surface area contributed by atoms with Crippen LogP contribution in [0.2, 0.25) is 0 Å². The minimum Gasteiger partial charge on any atom is -0.317 e. The minimum atomic E-state index is 0.792. The van der Waals surface area contributed by atoms with Gasteiger partial charge in [0.05, 0.1) is 0 Å². The number of nitrogens with zero attached hydrogens (tertiary/aromatic N) is 1. The smallest absolute Gasteiger partial charge is 0.00106 e. The number of hydrogen-bond donors (Lipinski definition) is 1. The van der Waals surface area contributed by atoms with Crippen molar-refractivity contribution in [3.05, 3.63) is 35.4 Å². The van der Waals surface area contributed by atoms with Gasteiger partial charge in [0.15, 0.2) is 0 Å². The molecule has 2 heteroatoms. The first-order valence-electron chi connectivity index (χ1n) is 8.31. The topological polar surface area (TPSA) is 15.3 Å². The lowest BCUT2D eigenvalue weighted by atomic mass is 9.88. The summed E-state index contributed by atoms with van der Waals surface area (Å²) in [4.78, 5) is 2.71. The maximum absolute atomic E-state index is 3.47. The van der Waals surface area contributed by atoms with Crippen molar-refractivity contribution in [3.63, 3.8) is 0 Å². The predicted molar refractivity (Wildman–Crippen MR) is 85.2 cm³/mol. The highest BCUT2D eigenvalue weighted by Crippen LogP contribution is 2.29. The predicted octanol–water partition coefficient (Wildman–Crippen LogP) is 3.17. The Bertz CT molecular complexity index is 398. The van der Waals surface area contributed by atoms with Gasteiger partial charge < -0.3 is 10.2 Å². The summed E-state index contributed by atoms with van der Waals surface area (Å²) in [6.45, 7) is 8.55. The molecule has 2 aliphatic rings. The largest absolute Gasteiger partial charge is 0.317 e. The third-order valence-corrected chi connectivity index (χ3v) is 5.11. The summed E-state index contributed by atoms with van der Waals surface area (Å²) in [5, 5.41) is 3.47. The summed E-state index contributed by atoms with van der Waals surface area (Å²) >= 11 is 0. The Labute approximate surface area is 123 Å². The normalized spacial score (nSPS) is 23.1. The average molecular weight is 272 g/mol. The van der Waals surface area contributed by atoms with E-state index in [0.717, 1.165) is 11.8 Å². The number of benzene rings is 1. The molecular formula is C18H28N2. The summed E-state index contributed by atoms with van der Waals surface area (Å²) in [5.41, 5.74) is 2.93. The van der Waals surface area contributed by atoms with E-state index in [4.69, 9.17) is 0 Å². The minimum absolute atomic E-state index is 0.792. The highest BCUT2D eigenvalue weighted by Gasteiger charge is 2.23. The fourth-order valence-electron chi connectivity index (χ4n) is 3.72. The molecule has 0 unspecified atom stereocenters. The Morgan fingerprint density at radius 2 is 1.65 bits per heavy atom. The van der Waals surface area contributed by atoms with Crippen LogP contribution >= 0.6 is 0 Å². The molecule has 1 aromatic carbocycles. The van der Waals surface area contributed by atoms with Crippen LogP contribution in [0.4, 0.5) is 0 Å². The monoisotopic (exact) mass is 272 g/mol. The van der Waals surface area contributed by atoms with Crippen molar-refractivity contribution < 1.29 is 0 Å². The van der Waals surface area contributed by atoms with E-state index < -0.39 is 0 Å². The molecule has 2 saturated heterocycles. The molecule has 2 fully saturated rings. The van der Waals surface area contributed by atoms with E-state index in [0.29, 0.717) is 0 Å². The van der Waals surface area contributed by atoms with Crippen molar-refractivity contribution >= 4 is 0 Å². The van der Waals surface area contributed by atoms with E-state index in [1.807, 2.05) is 0 Å². The van der Waals surface area contributed by atoms with Crippen LogP contribution in [-0.2, 0) is 0 Å². The number of piperidine rings is 2. The van der Waals surface area contributed by atoms with Crippen LogP contribution in [0.5, 0.6) is 0 Å². The molecule has 2 heterocycles. The molecular weight excluding hydrogens is 244 g/mol. The zero-order valence-corrected chi connectivity index (χ0v) is 12.8. The first kappa shape index (κ1) is 14.1. The molecule has 0 bridgehead atoms. The Hall–Kier alpha value is -0.860. The number of likely N-dealkylation sites (tertiary alicyclic amines) is 1. The maximum Gasteiger partial charge on any atom is 0.00106 e. The molecule has 0 atom stereocenters. The van der Waals surface area contributed by atoms with Gasteiger partial charge in [0.2, 0.25) is 0 Å². The first-order chi connectivity index (χ1) is 9.81. The van der Waals surface area contributed by atoms with Gasteiger partial charge in [-0.25, -0.2) is 0 Å². The fraction of sp³-hybridized carbons (Fsp3) is 0.667. The number of rotatable bonds is 3. The molecule has 0 amide bonds. The standard InChI is InChI=1S/C18H28N2/c1-15-2-4-17(5-3-15)18-8-12-20(13-9-18)14-16-6-10-19-11-7-16/h2-5,16,18-19H,6-14H2,1H3. The lowest BCUT2D eigenvalue weighted by Crippen LogP contribution is -2.39. The van der Waals surface area contributed by atoms with E-state index in [-0.39, 0.29) is 0 Å². The average Bonchev–Trinajstić information content (AvgIpc) is 2.50. The molecule has 110 valence electrons. The Balaban J connectivity index is 1.47. The van der Waals surface area contributed by atoms with Crippen molar-refractivity contribution in [1.82, 2.24) is 10.2 Å².